The maximum atomic E-state index is 13.6. The summed E-state index contributed by atoms with van der Waals surface area (Å²) in [6, 6.07) is 2.84. The van der Waals surface area contributed by atoms with E-state index < -0.39 is 5.82 Å². The van der Waals surface area contributed by atoms with Crippen LogP contribution in [0.15, 0.2) is 12.1 Å². The zero-order valence-corrected chi connectivity index (χ0v) is 11.3. The number of nitrogens with two attached hydrogens (primary N) is 1. The molecule has 1 rings (SSSR count). The van der Waals surface area contributed by atoms with Crippen molar-refractivity contribution in [1.29, 1.82) is 0 Å². The van der Waals surface area contributed by atoms with Gasteiger partial charge in [0.25, 0.3) is 0 Å². The first-order valence-corrected chi connectivity index (χ1v) is 5.96. The van der Waals surface area contributed by atoms with Crippen LogP contribution in [0.2, 0.25) is 0 Å². The molecule has 0 spiro atoms. The molecule has 3 N–H and O–H groups in total. The van der Waals surface area contributed by atoms with E-state index in [9.17, 15) is 4.39 Å². The van der Waals surface area contributed by atoms with Gasteiger partial charge in [0.05, 0.1) is 23.6 Å². The van der Waals surface area contributed by atoms with E-state index in [1.165, 1.54) is 6.07 Å². The van der Waals surface area contributed by atoms with Crippen LogP contribution in [0.5, 0.6) is 5.75 Å². The summed E-state index contributed by atoms with van der Waals surface area (Å²) in [4.78, 5) is 0. The number of nitrogens with one attached hydrogen (secondary N) is 1. The Morgan fingerprint density at radius 3 is 2.56 bits per heavy atom. The molecular weight excluding hydrogens is 235 g/mol. The second kappa shape index (κ2) is 6.44. The number of anilines is 2. The first-order chi connectivity index (χ1) is 8.43. The Balaban J connectivity index is 2.84. The summed E-state index contributed by atoms with van der Waals surface area (Å²) >= 11 is 0. The minimum atomic E-state index is -0.452. The third-order valence-corrected chi connectivity index (χ3v) is 2.45. The molecule has 0 fully saturated rings. The van der Waals surface area contributed by atoms with Gasteiger partial charge in [0.1, 0.15) is 0 Å². The minimum absolute atomic E-state index is 0.0453. The van der Waals surface area contributed by atoms with Gasteiger partial charge in [-0.15, -0.1) is 0 Å². The fourth-order valence-electron chi connectivity index (χ4n) is 1.40. The van der Waals surface area contributed by atoms with Crippen LogP contribution in [0.1, 0.15) is 20.8 Å². The Bertz CT molecular complexity index is 397. The van der Waals surface area contributed by atoms with Crippen LogP contribution in [0.25, 0.3) is 0 Å². The zero-order valence-electron chi connectivity index (χ0n) is 11.3. The van der Waals surface area contributed by atoms with Crippen LogP contribution >= 0.6 is 0 Å². The highest BCUT2D eigenvalue weighted by molar-refractivity contribution is 5.68. The molecule has 4 nitrogen and oxygen atoms in total. The zero-order chi connectivity index (χ0) is 13.7. The van der Waals surface area contributed by atoms with Crippen molar-refractivity contribution in [3.63, 3.8) is 0 Å². The van der Waals surface area contributed by atoms with Gasteiger partial charge in [-0.3, -0.25) is 0 Å². The summed E-state index contributed by atoms with van der Waals surface area (Å²) in [5, 5.41) is 3.11. The maximum Gasteiger partial charge on any atom is 0.167 e. The molecule has 0 heterocycles. The quantitative estimate of drug-likeness (QED) is 0.768. The van der Waals surface area contributed by atoms with Crippen molar-refractivity contribution < 1.29 is 13.9 Å². The fraction of sp³-hybridized carbons (Fsp3) is 0.538. The molecular formula is C13H21FN2O2. The Hall–Kier alpha value is -1.49. The van der Waals surface area contributed by atoms with Gasteiger partial charge in [0.2, 0.25) is 0 Å². The van der Waals surface area contributed by atoms with Gasteiger partial charge >= 0.3 is 0 Å². The smallest absolute Gasteiger partial charge is 0.167 e. The Kier molecular flexibility index (Phi) is 5.22. The molecule has 1 aromatic carbocycles. The normalized spacial score (nSPS) is 12.6. The molecule has 0 amide bonds. The summed E-state index contributed by atoms with van der Waals surface area (Å²) in [7, 11) is 1.63. The molecule has 0 aromatic heterocycles. The van der Waals surface area contributed by atoms with E-state index in [1.807, 2.05) is 20.8 Å². The highest BCUT2D eigenvalue weighted by Crippen LogP contribution is 2.28. The van der Waals surface area contributed by atoms with Crippen LogP contribution < -0.4 is 15.8 Å². The van der Waals surface area contributed by atoms with Crippen molar-refractivity contribution >= 4 is 11.4 Å². The van der Waals surface area contributed by atoms with Gasteiger partial charge in [0.15, 0.2) is 11.6 Å². The van der Waals surface area contributed by atoms with E-state index in [4.69, 9.17) is 15.2 Å². The van der Waals surface area contributed by atoms with Crippen LogP contribution in [0.4, 0.5) is 15.8 Å². The Labute approximate surface area is 107 Å². The highest BCUT2D eigenvalue weighted by Gasteiger charge is 2.11. The average Bonchev–Trinajstić information content (AvgIpc) is 2.30. The lowest BCUT2D eigenvalue weighted by Gasteiger charge is -2.16. The van der Waals surface area contributed by atoms with E-state index in [0.29, 0.717) is 17.9 Å². The lowest BCUT2D eigenvalue weighted by Crippen LogP contribution is -2.19. The van der Waals surface area contributed by atoms with Gasteiger partial charge < -0.3 is 20.5 Å². The average molecular weight is 256 g/mol. The van der Waals surface area contributed by atoms with Crippen LogP contribution in [-0.4, -0.2) is 25.9 Å². The van der Waals surface area contributed by atoms with Crippen molar-refractivity contribution in [2.45, 2.75) is 33.0 Å². The van der Waals surface area contributed by atoms with E-state index >= 15 is 0 Å². The summed E-state index contributed by atoms with van der Waals surface area (Å²) < 4.78 is 24.1. The lowest BCUT2D eigenvalue weighted by molar-refractivity contribution is 0.129. The summed E-state index contributed by atoms with van der Waals surface area (Å²) in [5.74, 6) is -0.252. The predicted molar refractivity (Wildman–Crippen MR) is 71.5 cm³/mol. The number of nitrogen functional groups attached to an aromatic ring is 1. The number of halogens is 1. The van der Waals surface area contributed by atoms with Crippen LogP contribution in [0.3, 0.4) is 0 Å². The van der Waals surface area contributed by atoms with Crippen molar-refractivity contribution in [3.8, 4) is 5.75 Å². The standard InChI is InChI=1S/C13H21FN2O2/c1-8(2)18-13-6-12(11(15)5-10(13)14)16-7-9(3)17-4/h5-6,8-9,16H,7,15H2,1-4H3. The highest BCUT2D eigenvalue weighted by atomic mass is 19.1. The summed E-state index contributed by atoms with van der Waals surface area (Å²) in [6.07, 6.45) is -0.0437. The van der Waals surface area contributed by atoms with E-state index in [0.717, 1.165) is 0 Å². The SMILES string of the molecule is COC(C)CNc1cc(OC(C)C)c(F)cc1N. The largest absolute Gasteiger partial charge is 0.488 e. The molecule has 0 saturated heterocycles. The van der Waals surface area contributed by atoms with Gasteiger partial charge in [-0.05, 0) is 20.8 Å². The van der Waals surface area contributed by atoms with Crippen molar-refractivity contribution in [3.05, 3.63) is 17.9 Å². The number of rotatable bonds is 6. The monoisotopic (exact) mass is 256 g/mol. The van der Waals surface area contributed by atoms with E-state index in [1.54, 1.807) is 13.2 Å². The molecule has 0 saturated carbocycles. The minimum Gasteiger partial charge on any atom is -0.488 e. The number of ether oxygens (including phenoxy) is 2. The molecule has 0 aliphatic carbocycles. The molecule has 0 bridgehead atoms. The topological polar surface area (TPSA) is 56.5 Å². The number of hydrogen-bond donors (Lipinski definition) is 2. The molecule has 1 aromatic rings. The Morgan fingerprint density at radius 2 is 2.00 bits per heavy atom. The number of benzene rings is 1. The maximum absolute atomic E-state index is 13.6. The molecule has 0 aliphatic heterocycles. The predicted octanol–water partition coefficient (Wildman–Crippen LogP) is 2.64. The molecule has 0 aliphatic rings. The Morgan fingerprint density at radius 1 is 1.33 bits per heavy atom. The van der Waals surface area contributed by atoms with Gasteiger partial charge in [0, 0.05) is 25.8 Å². The molecule has 1 unspecified atom stereocenters. The molecule has 0 radical (unpaired) electrons. The lowest BCUT2D eigenvalue weighted by atomic mass is 10.2. The van der Waals surface area contributed by atoms with Crippen molar-refractivity contribution in [1.82, 2.24) is 0 Å². The summed E-state index contributed by atoms with van der Waals surface area (Å²) in [6.45, 7) is 6.21. The van der Waals surface area contributed by atoms with E-state index in [-0.39, 0.29) is 18.0 Å². The molecule has 5 heteroatoms. The van der Waals surface area contributed by atoms with Crippen LogP contribution in [-0.2, 0) is 4.74 Å². The second-order valence-electron chi connectivity index (χ2n) is 4.46. The molecule has 102 valence electrons. The number of hydrogen-bond acceptors (Lipinski definition) is 4. The molecule has 18 heavy (non-hydrogen) atoms. The van der Waals surface area contributed by atoms with Crippen molar-refractivity contribution in [2.24, 2.45) is 0 Å². The van der Waals surface area contributed by atoms with E-state index in [2.05, 4.69) is 5.32 Å². The third kappa shape index (κ3) is 4.07. The number of methoxy groups -OCH3 is 1. The first kappa shape index (κ1) is 14.6. The second-order valence-corrected chi connectivity index (χ2v) is 4.46. The van der Waals surface area contributed by atoms with Gasteiger partial charge in [-0.2, -0.15) is 0 Å². The van der Waals surface area contributed by atoms with Crippen molar-refractivity contribution in [2.75, 3.05) is 24.7 Å². The van der Waals surface area contributed by atoms with Crippen LogP contribution in [0, 0.1) is 5.82 Å². The van der Waals surface area contributed by atoms with Gasteiger partial charge in [-0.25, -0.2) is 4.39 Å². The third-order valence-electron chi connectivity index (χ3n) is 2.45. The fourth-order valence-corrected chi connectivity index (χ4v) is 1.40. The molecule has 1 atom stereocenters. The van der Waals surface area contributed by atoms with Gasteiger partial charge in [-0.1, -0.05) is 0 Å². The first-order valence-electron chi connectivity index (χ1n) is 5.96. The summed E-state index contributed by atoms with van der Waals surface area (Å²) in [5.41, 5.74) is 6.75.